The van der Waals surface area contributed by atoms with E-state index in [2.05, 4.69) is 44.3 Å². The Morgan fingerprint density at radius 3 is 2.00 bits per heavy atom. The molecule has 1 fully saturated rings. The summed E-state index contributed by atoms with van der Waals surface area (Å²) in [5.41, 5.74) is 0.457. The van der Waals surface area contributed by atoms with Crippen molar-refractivity contribution in [3.05, 3.63) is 188 Å². The maximum atomic E-state index is 13.8. The monoisotopic (exact) mass is 1100 g/mol. The number of carbonyl (C=O) groups is 2. The molecule has 2 heterocycles. The van der Waals surface area contributed by atoms with Crippen LogP contribution in [0.4, 0.5) is 0 Å². The molecular weight excluding hydrogens is 1030 g/mol. The minimum absolute atomic E-state index is 0.00513. The molecule has 0 bridgehead atoms. The fourth-order valence-corrected chi connectivity index (χ4v) is 11.9. The number of fused-ring (bicyclic) bond motifs is 2. The Kier molecular flexibility index (Phi) is 20.4. The van der Waals surface area contributed by atoms with Gasteiger partial charge in [-0.2, -0.15) is 5.26 Å². The molecule has 7 aromatic rings. The summed E-state index contributed by atoms with van der Waals surface area (Å²) >= 11 is 0. The molecule has 16 nitrogen and oxygen atoms in total. The van der Waals surface area contributed by atoms with Crippen LogP contribution in [0.15, 0.2) is 149 Å². The Balaban J connectivity index is 0.973. The number of rotatable bonds is 25. The lowest BCUT2D eigenvalue weighted by Gasteiger charge is -2.39. The molecule has 1 aliphatic rings. The number of methoxy groups -OCH3 is 2. The van der Waals surface area contributed by atoms with E-state index in [9.17, 15) is 24.4 Å². The molecule has 17 heteroatoms. The van der Waals surface area contributed by atoms with Crippen molar-refractivity contribution in [2.75, 3.05) is 40.5 Å². The second-order valence-electron chi connectivity index (χ2n) is 19.9. The Labute approximate surface area is 468 Å². The lowest BCUT2D eigenvalue weighted by molar-refractivity contribution is -0.120. The van der Waals surface area contributed by atoms with Crippen molar-refractivity contribution in [2.24, 2.45) is 0 Å². The third-order valence-electron chi connectivity index (χ3n) is 13.9. The summed E-state index contributed by atoms with van der Waals surface area (Å²) in [5.74, 6) is 6.70. The summed E-state index contributed by atoms with van der Waals surface area (Å²) in [5, 5.41) is 19.2. The predicted molar refractivity (Wildman–Crippen MR) is 310 cm³/mol. The van der Waals surface area contributed by atoms with Crippen molar-refractivity contribution < 1.29 is 37.6 Å². The zero-order valence-corrected chi connectivity index (χ0v) is 47.0. The van der Waals surface area contributed by atoms with Gasteiger partial charge in [0.25, 0.3) is 20.0 Å². The number of benzene rings is 6. The van der Waals surface area contributed by atoms with E-state index in [0.717, 1.165) is 44.7 Å². The van der Waals surface area contributed by atoms with Gasteiger partial charge in [0.15, 0.2) is 0 Å². The van der Waals surface area contributed by atoms with Crippen LogP contribution in [-0.2, 0) is 28.9 Å². The molecule has 0 saturated carbocycles. The number of hydrogen-bond donors (Lipinski definition) is 3. The van der Waals surface area contributed by atoms with Crippen molar-refractivity contribution in [3.63, 3.8) is 0 Å². The number of nitriles is 1. The van der Waals surface area contributed by atoms with E-state index in [1.807, 2.05) is 155 Å². The molecule has 6 aromatic carbocycles. The molecule has 0 spiro atoms. The van der Waals surface area contributed by atoms with E-state index < -0.39 is 43.8 Å². The minimum atomic E-state index is -1.78. The van der Waals surface area contributed by atoms with Crippen molar-refractivity contribution in [2.45, 2.75) is 102 Å². The number of H-pyrrole nitrogens is 1. The van der Waals surface area contributed by atoms with Gasteiger partial charge in [-0.25, -0.2) is 9.46 Å². The average Bonchev–Trinajstić information content (AvgIpc) is 3.89. The first-order valence-corrected chi connectivity index (χ1v) is 28.2. The van der Waals surface area contributed by atoms with E-state index in [0.29, 0.717) is 36.4 Å². The van der Waals surface area contributed by atoms with E-state index in [1.165, 1.54) is 10.8 Å². The van der Waals surface area contributed by atoms with Crippen LogP contribution in [-0.4, -0.2) is 90.9 Å². The van der Waals surface area contributed by atoms with Gasteiger partial charge < -0.3 is 38.6 Å². The molecule has 3 N–H and O–H groups in total. The van der Waals surface area contributed by atoms with Gasteiger partial charge >= 0.3 is 5.69 Å². The van der Waals surface area contributed by atoms with Crippen LogP contribution in [0.5, 0.6) is 11.5 Å². The molecule has 0 aliphatic carbocycles. The van der Waals surface area contributed by atoms with Gasteiger partial charge in [-0.15, -0.1) is 0 Å². The van der Waals surface area contributed by atoms with Gasteiger partial charge in [0.2, 0.25) is 5.91 Å². The normalized spacial score (nSPS) is 15.6. The van der Waals surface area contributed by atoms with E-state index in [1.54, 1.807) is 14.2 Å². The number of nitrogens with one attached hydrogen (secondary N) is 3. The summed E-state index contributed by atoms with van der Waals surface area (Å²) in [7, 11) is 1.44. The van der Waals surface area contributed by atoms with Gasteiger partial charge in [0, 0.05) is 37.7 Å². The smallest absolute Gasteiger partial charge is 0.330 e. The SMILES string of the molecule is COc1ccc(C(OC[C@H]2O[C@@H](n3cc(C#CCNC(=O)CCCCCNC(=O)c4c5ccccc5cc5ccccc45)c(=O)[nH]c3=O)C[C@@H]2OP(OCCC#N)N(C(C)C)C(C)C)(c2ccccc2)c2ccc(OC)cc2)cc1. The fourth-order valence-electron chi connectivity index (χ4n) is 10.1. The molecule has 416 valence electrons. The molecule has 8 rings (SSSR count). The second-order valence-corrected chi connectivity index (χ2v) is 21.3. The summed E-state index contributed by atoms with van der Waals surface area (Å²) in [6.45, 7) is 8.71. The fraction of sp³-hybridized carbons (Fsp3) is 0.349. The first-order chi connectivity index (χ1) is 38.8. The number of aromatic amines is 1. The van der Waals surface area contributed by atoms with Crippen molar-refractivity contribution in [1.29, 1.82) is 5.26 Å². The van der Waals surface area contributed by atoms with E-state index in [-0.39, 0.29) is 68.5 Å². The quantitative estimate of drug-likeness (QED) is 0.0161. The first kappa shape index (κ1) is 58.5. The van der Waals surface area contributed by atoms with Crippen LogP contribution in [0.3, 0.4) is 0 Å². The molecule has 2 amide bonds. The lowest BCUT2D eigenvalue weighted by Crippen LogP contribution is -2.39. The van der Waals surface area contributed by atoms with Crippen LogP contribution in [0, 0.1) is 23.2 Å². The highest BCUT2D eigenvalue weighted by Gasteiger charge is 2.45. The van der Waals surface area contributed by atoms with Crippen LogP contribution in [0.2, 0.25) is 0 Å². The van der Waals surface area contributed by atoms with E-state index >= 15 is 0 Å². The number of hydrogen-bond acceptors (Lipinski definition) is 12. The zero-order chi connectivity index (χ0) is 56.6. The predicted octanol–water partition coefficient (Wildman–Crippen LogP) is 10.3. The Morgan fingerprint density at radius 2 is 1.40 bits per heavy atom. The number of unbranched alkanes of at least 4 members (excludes halogenated alkanes) is 2. The summed E-state index contributed by atoms with van der Waals surface area (Å²) in [6.07, 6.45) is 1.43. The highest BCUT2D eigenvalue weighted by atomic mass is 31.2. The lowest BCUT2D eigenvalue weighted by atomic mass is 9.80. The minimum Gasteiger partial charge on any atom is -0.497 e. The maximum absolute atomic E-state index is 13.8. The number of carbonyl (C=O) groups excluding carboxylic acids is 2. The molecule has 1 aliphatic heterocycles. The van der Waals surface area contributed by atoms with Crippen molar-refractivity contribution in [3.8, 4) is 29.4 Å². The standard InChI is InChI=1S/C63H69N6O10P/c1-43(2)69(44(3)4)80(77-38-18-35-64)79-55-40-58(78-56(55)42-76-63(48-22-9-7-10-23-48,49-27-31-51(74-5)32-28-49)50-29-33-52(75-6)34-30-50)68-41-47(60(71)67-62(68)73)21-17-37-65-57(70)26-11-8-16-36-66-61(72)59-53-24-14-12-19-45(53)39-46-20-13-15-25-54(46)59/h7,9-10,12-15,19-20,22-25,27-34,39,41,43-44,55-56,58H,8,11,16,18,26,36-38,40,42H2,1-6H3,(H,65,70)(H,66,72)(H,67,71,73)/t55-,56+,58+,80?/m0/s1. The number of aromatic nitrogens is 2. The van der Waals surface area contributed by atoms with Crippen molar-refractivity contribution in [1.82, 2.24) is 24.9 Å². The summed E-state index contributed by atoms with van der Waals surface area (Å²) < 4.78 is 42.1. The van der Waals surface area contributed by atoms with Crippen LogP contribution in [0.25, 0.3) is 21.5 Å². The van der Waals surface area contributed by atoms with Crippen LogP contribution in [0.1, 0.15) is 105 Å². The van der Waals surface area contributed by atoms with Crippen LogP contribution >= 0.6 is 8.53 Å². The van der Waals surface area contributed by atoms with Crippen LogP contribution < -0.4 is 31.4 Å². The van der Waals surface area contributed by atoms with Gasteiger partial charge in [0.05, 0.1) is 58.1 Å². The van der Waals surface area contributed by atoms with E-state index in [4.69, 9.17) is 28.0 Å². The second kappa shape index (κ2) is 28.0. The van der Waals surface area contributed by atoms with Gasteiger partial charge in [-0.05, 0) is 109 Å². The molecule has 80 heavy (non-hydrogen) atoms. The number of nitrogens with zero attached hydrogens (tertiary/aromatic N) is 3. The molecule has 1 saturated heterocycles. The third-order valence-corrected chi connectivity index (χ3v) is 16.1. The number of amides is 2. The molecular formula is C63H69N6O10P. The summed E-state index contributed by atoms with van der Waals surface area (Å²) in [6, 6.07) is 45.2. The zero-order valence-electron chi connectivity index (χ0n) is 46.1. The van der Waals surface area contributed by atoms with Gasteiger partial charge in [-0.1, -0.05) is 121 Å². The topological polar surface area (TPSA) is 195 Å². The highest BCUT2D eigenvalue weighted by molar-refractivity contribution is 7.44. The first-order valence-electron chi connectivity index (χ1n) is 27.0. The van der Waals surface area contributed by atoms with Gasteiger partial charge in [-0.3, -0.25) is 23.9 Å². The average molecular weight is 1100 g/mol. The molecule has 1 unspecified atom stereocenters. The molecule has 4 atom stereocenters. The Bertz CT molecular complexity index is 3330. The van der Waals surface area contributed by atoms with Crippen molar-refractivity contribution >= 4 is 41.9 Å². The summed E-state index contributed by atoms with van der Waals surface area (Å²) in [4.78, 5) is 55.8. The molecule has 0 radical (unpaired) electrons. The van der Waals surface area contributed by atoms with Gasteiger partial charge in [0.1, 0.15) is 35.0 Å². The Morgan fingerprint density at radius 1 is 0.800 bits per heavy atom. The Hall–Kier alpha value is -7.66. The highest BCUT2D eigenvalue weighted by Crippen LogP contribution is 2.51. The molecule has 1 aromatic heterocycles. The third kappa shape index (κ3) is 14.0. The maximum Gasteiger partial charge on any atom is 0.330 e. The number of ether oxygens (including phenoxy) is 4. The largest absolute Gasteiger partial charge is 0.497 e.